The fraction of sp³-hybridized carbons (Fsp3) is 0.533. The highest BCUT2D eigenvalue weighted by atomic mass is 16.5. The third-order valence-electron chi connectivity index (χ3n) is 4.14. The van der Waals surface area contributed by atoms with Crippen LogP contribution in [0, 0.1) is 0 Å². The van der Waals surface area contributed by atoms with Gasteiger partial charge in [0.05, 0.1) is 18.7 Å². The quantitative estimate of drug-likeness (QED) is 0.854. The normalized spacial score (nSPS) is 19.6. The summed E-state index contributed by atoms with van der Waals surface area (Å²) in [6.45, 7) is 7.00. The van der Waals surface area contributed by atoms with Crippen LogP contribution in [0.3, 0.4) is 0 Å². The van der Waals surface area contributed by atoms with Gasteiger partial charge in [-0.3, -0.25) is 4.98 Å². The maximum Gasteiger partial charge on any atom is 0.228 e. The minimum atomic E-state index is 0.737. The molecule has 2 aromatic heterocycles. The zero-order valence-corrected chi connectivity index (χ0v) is 12.5. The van der Waals surface area contributed by atoms with Crippen LogP contribution in [0.1, 0.15) is 0 Å². The predicted octanol–water partition coefficient (Wildman–Crippen LogP) is 0.271. The monoisotopic (exact) mass is 300 g/mol. The van der Waals surface area contributed by atoms with Crippen LogP contribution in [0.2, 0.25) is 0 Å². The number of morpholine rings is 1. The van der Waals surface area contributed by atoms with E-state index in [1.54, 1.807) is 6.20 Å². The molecule has 2 aliphatic rings. The molecule has 4 heterocycles. The second kappa shape index (κ2) is 6.02. The molecule has 0 aliphatic carbocycles. The van der Waals surface area contributed by atoms with E-state index in [4.69, 9.17) is 14.7 Å². The smallest absolute Gasteiger partial charge is 0.228 e. The summed E-state index contributed by atoms with van der Waals surface area (Å²) in [5.74, 6) is 1.74. The molecule has 0 aromatic carbocycles. The Labute approximate surface area is 129 Å². The molecule has 0 amide bonds. The number of hydrogen-bond acceptors (Lipinski definition) is 7. The van der Waals surface area contributed by atoms with Gasteiger partial charge in [-0.05, 0) is 12.1 Å². The van der Waals surface area contributed by atoms with Crippen LogP contribution in [-0.4, -0.2) is 67.4 Å². The Balaban J connectivity index is 1.78. The number of fused-ring (bicyclic) bond motifs is 1. The Morgan fingerprint density at radius 2 is 1.82 bits per heavy atom. The standard InChI is InChI=1S/C15H20N6O/c1-2-12-13(17-3-1)14(20-8-10-22-11-9-20)19-15(18-12)21-6-4-16-5-7-21/h1-3,16H,4-11H2. The van der Waals surface area contributed by atoms with Crippen molar-refractivity contribution >= 4 is 22.8 Å². The molecule has 1 N–H and O–H groups in total. The zero-order valence-electron chi connectivity index (χ0n) is 12.5. The molecule has 0 atom stereocenters. The Morgan fingerprint density at radius 3 is 2.64 bits per heavy atom. The fourth-order valence-corrected chi connectivity index (χ4v) is 2.94. The lowest BCUT2D eigenvalue weighted by atomic mass is 10.3. The SMILES string of the molecule is c1cnc2c(N3CCOCC3)nc(N3CCNCC3)nc2c1. The molecule has 116 valence electrons. The Bertz CT molecular complexity index is 652. The molecule has 7 heteroatoms. The molecule has 2 fully saturated rings. The fourth-order valence-electron chi connectivity index (χ4n) is 2.94. The van der Waals surface area contributed by atoms with Gasteiger partial charge in [0, 0.05) is 45.5 Å². The summed E-state index contributed by atoms with van der Waals surface area (Å²) in [7, 11) is 0. The first-order chi connectivity index (χ1) is 10.9. The van der Waals surface area contributed by atoms with Gasteiger partial charge in [-0.15, -0.1) is 0 Å². The van der Waals surface area contributed by atoms with Gasteiger partial charge in [0.25, 0.3) is 0 Å². The van der Waals surface area contributed by atoms with E-state index in [1.807, 2.05) is 12.1 Å². The van der Waals surface area contributed by atoms with E-state index in [0.717, 1.165) is 75.3 Å². The maximum atomic E-state index is 5.46. The van der Waals surface area contributed by atoms with Crippen LogP contribution >= 0.6 is 0 Å². The van der Waals surface area contributed by atoms with E-state index < -0.39 is 0 Å². The largest absolute Gasteiger partial charge is 0.378 e. The van der Waals surface area contributed by atoms with Crippen molar-refractivity contribution in [3.8, 4) is 0 Å². The van der Waals surface area contributed by atoms with Crippen molar-refractivity contribution in [3.63, 3.8) is 0 Å². The number of aromatic nitrogens is 3. The summed E-state index contributed by atoms with van der Waals surface area (Å²) in [5, 5.41) is 3.36. The van der Waals surface area contributed by atoms with Gasteiger partial charge in [0.1, 0.15) is 5.52 Å². The maximum absolute atomic E-state index is 5.46. The average molecular weight is 300 g/mol. The Hall–Kier alpha value is -1.99. The second-order valence-corrected chi connectivity index (χ2v) is 5.55. The number of anilines is 2. The van der Waals surface area contributed by atoms with E-state index >= 15 is 0 Å². The summed E-state index contributed by atoms with van der Waals surface area (Å²) < 4.78 is 5.46. The lowest BCUT2D eigenvalue weighted by Crippen LogP contribution is -2.44. The summed E-state index contributed by atoms with van der Waals surface area (Å²) in [6, 6.07) is 3.94. The Kier molecular flexibility index (Phi) is 3.74. The highest BCUT2D eigenvalue weighted by Crippen LogP contribution is 2.25. The molecule has 2 aliphatic heterocycles. The van der Waals surface area contributed by atoms with Crippen molar-refractivity contribution in [2.24, 2.45) is 0 Å². The van der Waals surface area contributed by atoms with Gasteiger partial charge < -0.3 is 19.9 Å². The molecule has 7 nitrogen and oxygen atoms in total. The van der Waals surface area contributed by atoms with Gasteiger partial charge in [0.2, 0.25) is 5.95 Å². The molecule has 2 saturated heterocycles. The van der Waals surface area contributed by atoms with Gasteiger partial charge in [-0.2, -0.15) is 4.98 Å². The number of rotatable bonds is 2. The average Bonchev–Trinajstić information content (AvgIpc) is 2.62. The van der Waals surface area contributed by atoms with Crippen LogP contribution in [0.15, 0.2) is 18.3 Å². The molecular weight excluding hydrogens is 280 g/mol. The molecule has 0 unspecified atom stereocenters. The summed E-state index contributed by atoms with van der Waals surface area (Å²) >= 11 is 0. The highest BCUT2D eigenvalue weighted by molar-refractivity contribution is 5.86. The minimum Gasteiger partial charge on any atom is -0.378 e. The lowest BCUT2D eigenvalue weighted by Gasteiger charge is -2.31. The molecule has 0 spiro atoms. The molecule has 0 radical (unpaired) electrons. The number of piperazine rings is 1. The first-order valence-electron chi connectivity index (χ1n) is 7.83. The molecule has 0 bridgehead atoms. The van der Waals surface area contributed by atoms with Crippen molar-refractivity contribution < 1.29 is 4.74 Å². The minimum absolute atomic E-state index is 0.737. The number of nitrogens with zero attached hydrogens (tertiary/aromatic N) is 5. The molecule has 22 heavy (non-hydrogen) atoms. The van der Waals surface area contributed by atoms with E-state index in [1.165, 1.54) is 0 Å². The third kappa shape index (κ3) is 2.57. The van der Waals surface area contributed by atoms with E-state index in [9.17, 15) is 0 Å². The third-order valence-corrected chi connectivity index (χ3v) is 4.14. The first kappa shape index (κ1) is 13.7. The van der Waals surface area contributed by atoms with Crippen molar-refractivity contribution in [1.29, 1.82) is 0 Å². The van der Waals surface area contributed by atoms with Crippen molar-refractivity contribution in [3.05, 3.63) is 18.3 Å². The number of ether oxygens (including phenoxy) is 1. The van der Waals surface area contributed by atoms with E-state index in [2.05, 4.69) is 20.1 Å². The van der Waals surface area contributed by atoms with Gasteiger partial charge in [0.15, 0.2) is 5.82 Å². The van der Waals surface area contributed by atoms with Gasteiger partial charge >= 0.3 is 0 Å². The first-order valence-corrected chi connectivity index (χ1v) is 7.83. The van der Waals surface area contributed by atoms with Crippen LogP contribution in [-0.2, 0) is 4.74 Å². The van der Waals surface area contributed by atoms with Gasteiger partial charge in [-0.1, -0.05) is 0 Å². The van der Waals surface area contributed by atoms with Crippen molar-refractivity contribution in [2.75, 3.05) is 62.3 Å². The number of hydrogen-bond donors (Lipinski definition) is 1. The van der Waals surface area contributed by atoms with E-state index in [0.29, 0.717) is 0 Å². The molecule has 2 aromatic rings. The topological polar surface area (TPSA) is 66.4 Å². The van der Waals surface area contributed by atoms with E-state index in [-0.39, 0.29) is 0 Å². The second-order valence-electron chi connectivity index (χ2n) is 5.55. The summed E-state index contributed by atoms with van der Waals surface area (Å²) in [4.78, 5) is 18.6. The number of pyridine rings is 1. The van der Waals surface area contributed by atoms with Crippen LogP contribution in [0.5, 0.6) is 0 Å². The lowest BCUT2D eigenvalue weighted by molar-refractivity contribution is 0.122. The van der Waals surface area contributed by atoms with Crippen molar-refractivity contribution in [2.45, 2.75) is 0 Å². The van der Waals surface area contributed by atoms with Crippen LogP contribution < -0.4 is 15.1 Å². The zero-order chi connectivity index (χ0) is 14.8. The highest BCUT2D eigenvalue weighted by Gasteiger charge is 2.21. The molecular formula is C15H20N6O. The molecule has 4 rings (SSSR count). The van der Waals surface area contributed by atoms with Crippen molar-refractivity contribution in [1.82, 2.24) is 20.3 Å². The van der Waals surface area contributed by atoms with Gasteiger partial charge in [-0.25, -0.2) is 4.98 Å². The molecule has 0 saturated carbocycles. The number of nitrogens with one attached hydrogen (secondary N) is 1. The Morgan fingerprint density at radius 1 is 1.00 bits per heavy atom. The predicted molar refractivity (Wildman–Crippen MR) is 85.4 cm³/mol. The summed E-state index contributed by atoms with van der Waals surface area (Å²) in [5.41, 5.74) is 1.79. The summed E-state index contributed by atoms with van der Waals surface area (Å²) in [6.07, 6.45) is 1.81. The van der Waals surface area contributed by atoms with Crippen LogP contribution in [0.4, 0.5) is 11.8 Å². The van der Waals surface area contributed by atoms with Crippen LogP contribution in [0.25, 0.3) is 11.0 Å².